The Bertz CT molecular complexity index is 1290. The summed E-state index contributed by atoms with van der Waals surface area (Å²) in [5, 5.41) is 9.86. The Morgan fingerprint density at radius 1 is 1.06 bits per heavy atom. The van der Waals surface area contributed by atoms with Crippen LogP contribution in [-0.2, 0) is 0 Å². The Hall–Kier alpha value is -3.42. The number of benzene rings is 2. The van der Waals surface area contributed by atoms with Crippen LogP contribution in [0.2, 0.25) is 5.02 Å². The van der Waals surface area contributed by atoms with E-state index in [1.165, 1.54) is 11.3 Å². The second kappa shape index (κ2) is 8.26. The van der Waals surface area contributed by atoms with Crippen LogP contribution >= 0.6 is 22.9 Å². The number of urea groups is 1. The average Bonchev–Trinajstić information content (AvgIpc) is 3.47. The van der Waals surface area contributed by atoms with E-state index in [4.69, 9.17) is 16.1 Å². The van der Waals surface area contributed by atoms with Crippen LogP contribution in [-0.4, -0.2) is 16.2 Å². The zero-order valence-electron chi connectivity index (χ0n) is 17.4. The van der Waals surface area contributed by atoms with Crippen LogP contribution < -0.4 is 10.2 Å². The van der Waals surface area contributed by atoms with Gasteiger partial charge < -0.3 is 9.84 Å². The van der Waals surface area contributed by atoms with Gasteiger partial charge in [0.1, 0.15) is 0 Å². The number of allylic oxidation sites excluding steroid dienone is 1. The van der Waals surface area contributed by atoms with Gasteiger partial charge in [-0.3, -0.25) is 4.90 Å². The second-order valence-corrected chi connectivity index (χ2v) is 8.89. The Labute approximate surface area is 194 Å². The summed E-state index contributed by atoms with van der Waals surface area (Å²) in [5.41, 5.74) is 4.21. The van der Waals surface area contributed by atoms with E-state index in [9.17, 15) is 4.79 Å². The number of nitrogens with one attached hydrogen (secondary N) is 1. The lowest BCUT2D eigenvalue weighted by molar-refractivity contribution is 0.244. The van der Waals surface area contributed by atoms with Crippen molar-refractivity contribution in [2.75, 3.05) is 4.90 Å². The van der Waals surface area contributed by atoms with Gasteiger partial charge in [-0.1, -0.05) is 52.7 Å². The van der Waals surface area contributed by atoms with E-state index in [0.717, 1.165) is 33.0 Å². The number of hydrogen-bond acceptors (Lipinski definition) is 5. The largest absolute Gasteiger partial charge is 0.334 e. The Balaban J connectivity index is 1.66. The van der Waals surface area contributed by atoms with Crippen LogP contribution in [0, 0.1) is 6.92 Å². The van der Waals surface area contributed by atoms with Crippen molar-refractivity contribution in [3.05, 3.63) is 93.8 Å². The van der Waals surface area contributed by atoms with E-state index in [0.29, 0.717) is 16.7 Å². The number of amides is 2. The predicted molar refractivity (Wildman–Crippen MR) is 127 cm³/mol. The van der Waals surface area contributed by atoms with Gasteiger partial charge in [-0.05, 0) is 55.1 Å². The molecule has 2 amide bonds. The monoisotopic (exact) mass is 462 g/mol. The average molecular weight is 463 g/mol. The number of anilines is 1. The summed E-state index contributed by atoms with van der Waals surface area (Å²) >= 11 is 7.63. The molecule has 0 spiro atoms. The molecule has 8 heteroatoms. The molecule has 5 rings (SSSR count). The van der Waals surface area contributed by atoms with E-state index in [1.54, 1.807) is 17.0 Å². The van der Waals surface area contributed by atoms with Gasteiger partial charge in [0.25, 0.3) is 5.89 Å². The Morgan fingerprint density at radius 3 is 2.50 bits per heavy atom. The SMILES string of the molecule is CC1=C(c2nc(-c3cccs3)no2)C(c2ccc(Cl)cc2)NC(=O)N1c1ccc(C)cc1. The van der Waals surface area contributed by atoms with Crippen LogP contribution in [0.3, 0.4) is 0 Å². The summed E-state index contributed by atoms with van der Waals surface area (Å²) in [7, 11) is 0. The van der Waals surface area contributed by atoms with Crippen LogP contribution in [0.25, 0.3) is 16.3 Å². The number of aromatic nitrogens is 2. The highest BCUT2D eigenvalue weighted by atomic mass is 35.5. The van der Waals surface area contributed by atoms with Gasteiger partial charge in [0.2, 0.25) is 5.82 Å². The molecule has 1 atom stereocenters. The fourth-order valence-electron chi connectivity index (χ4n) is 3.77. The zero-order valence-corrected chi connectivity index (χ0v) is 18.9. The third-order valence-corrected chi connectivity index (χ3v) is 6.50. The number of halogens is 1. The number of carbonyl (C=O) groups is 1. The maximum Gasteiger partial charge on any atom is 0.326 e. The van der Waals surface area contributed by atoms with Gasteiger partial charge in [0.05, 0.1) is 22.2 Å². The lowest BCUT2D eigenvalue weighted by Gasteiger charge is -2.35. The molecule has 6 nitrogen and oxygen atoms in total. The number of thiophene rings is 1. The van der Waals surface area contributed by atoms with E-state index < -0.39 is 6.04 Å². The van der Waals surface area contributed by atoms with Crippen LogP contribution in [0.15, 0.2) is 76.3 Å². The highest BCUT2D eigenvalue weighted by Gasteiger charge is 2.36. The van der Waals surface area contributed by atoms with Crippen molar-refractivity contribution < 1.29 is 9.32 Å². The van der Waals surface area contributed by atoms with Crippen LogP contribution in [0.4, 0.5) is 10.5 Å². The maximum atomic E-state index is 13.2. The van der Waals surface area contributed by atoms with Gasteiger partial charge in [0.15, 0.2) is 0 Å². The first kappa shape index (κ1) is 20.5. The number of aryl methyl sites for hydroxylation is 1. The lowest BCUT2D eigenvalue weighted by Crippen LogP contribution is -2.46. The van der Waals surface area contributed by atoms with Crippen molar-refractivity contribution in [1.82, 2.24) is 15.5 Å². The summed E-state index contributed by atoms with van der Waals surface area (Å²) in [5.74, 6) is 0.881. The van der Waals surface area contributed by atoms with Gasteiger partial charge >= 0.3 is 6.03 Å². The molecule has 0 saturated carbocycles. The van der Waals surface area contributed by atoms with Gasteiger partial charge in [-0.2, -0.15) is 4.98 Å². The summed E-state index contributed by atoms with van der Waals surface area (Å²) < 4.78 is 5.70. The topological polar surface area (TPSA) is 71.3 Å². The predicted octanol–water partition coefficient (Wildman–Crippen LogP) is 6.46. The number of nitrogens with zero attached hydrogens (tertiary/aromatic N) is 3. The molecule has 2 aromatic heterocycles. The minimum absolute atomic E-state index is 0.229. The first-order valence-electron chi connectivity index (χ1n) is 10.0. The molecule has 3 heterocycles. The fraction of sp³-hybridized carbons (Fsp3) is 0.125. The minimum Gasteiger partial charge on any atom is -0.334 e. The second-order valence-electron chi connectivity index (χ2n) is 7.50. The van der Waals surface area contributed by atoms with Crippen molar-refractivity contribution in [2.45, 2.75) is 19.9 Å². The van der Waals surface area contributed by atoms with Crippen molar-refractivity contribution in [3.63, 3.8) is 0 Å². The van der Waals surface area contributed by atoms with Gasteiger partial charge in [-0.15, -0.1) is 11.3 Å². The number of hydrogen-bond donors (Lipinski definition) is 1. The summed E-state index contributed by atoms with van der Waals surface area (Å²) in [6.45, 7) is 3.90. The Kier molecular flexibility index (Phi) is 5.28. The highest BCUT2D eigenvalue weighted by molar-refractivity contribution is 7.13. The molecule has 1 N–H and O–H groups in total. The molecule has 1 unspecified atom stereocenters. The molecule has 0 saturated heterocycles. The first-order chi connectivity index (χ1) is 15.5. The summed E-state index contributed by atoms with van der Waals surface area (Å²) in [6, 6.07) is 18.4. The molecule has 0 bridgehead atoms. The third-order valence-electron chi connectivity index (χ3n) is 5.38. The number of rotatable bonds is 4. The van der Waals surface area contributed by atoms with E-state index in [1.807, 2.05) is 67.8 Å². The molecular formula is C24H19ClN4O2S. The molecule has 0 aliphatic carbocycles. The quantitative estimate of drug-likeness (QED) is 0.377. The molecule has 1 aliphatic rings. The maximum absolute atomic E-state index is 13.2. The van der Waals surface area contributed by atoms with Crippen molar-refractivity contribution in [1.29, 1.82) is 0 Å². The molecule has 0 radical (unpaired) electrons. The minimum atomic E-state index is -0.460. The lowest BCUT2D eigenvalue weighted by atomic mass is 9.94. The fourth-order valence-corrected chi connectivity index (χ4v) is 4.54. The van der Waals surface area contributed by atoms with Crippen molar-refractivity contribution >= 4 is 40.2 Å². The van der Waals surface area contributed by atoms with Gasteiger partial charge in [-0.25, -0.2) is 4.79 Å². The summed E-state index contributed by atoms with van der Waals surface area (Å²) in [4.78, 5) is 20.4. The molecule has 1 aliphatic heterocycles. The molecular weight excluding hydrogens is 444 g/mol. The standard InChI is InChI=1S/C24H19ClN4O2S/c1-14-5-11-18(12-6-14)29-15(2)20(23-27-22(28-31-23)19-4-3-13-32-19)21(26-24(29)30)16-7-9-17(25)10-8-16/h3-13,21H,1-2H3,(H,26,30). The molecule has 0 fully saturated rings. The Morgan fingerprint density at radius 2 is 1.81 bits per heavy atom. The molecule has 4 aromatic rings. The molecule has 160 valence electrons. The third kappa shape index (κ3) is 3.70. The van der Waals surface area contributed by atoms with Gasteiger partial charge in [0, 0.05) is 10.7 Å². The molecule has 2 aromatic carbocycles. The van der Waals surface area contributed by atoms with Crippen molar-refractivity contribution in [2.24, 2.45) is 0 Å². The highest BCUT2D eigenvalue weighted by Crippen LogP contribution is 2.39. The summed E-state index contributed by atoms with van der Waals surface area (Å²) in [6.07, 6.45) is 0. The van der Waals surface area contributed by atoms with Crippen LogP contribution in [0.5, 0.6) is 0 Å². The molecule has 32 heavy (non-hydrogen) atoms. The first-order valence-corrected chi connectivity index (χ1v) is 11.3. The van der Waals surface area contributed by atoms with Crippen molar-refractivity contribution in [3.8, 4) is 10.7 Å². The smallest absolute Gasteiger partial charge is 0.326 e. The van der Waals surface area contributed by atoms with Crippen LogP contribution in [0.1, 0.15) is 30.0 Å². The normalized spacial score (nSPS) is 16.4. The van der Waals surface area contributed by atoms with E-state index in [-0.39, 0.29) is 6.03 Å². The number of carbonyl (C=O) groups excluding carboxylic acids is 1. The zero-order chi connectivity index (χ0) is 22.2. The van der Waals surface area contributed by atoms with E-state index >= 15 is 0 Å². The van der Waals surface area contributed by atoms with E-state index in [2.05, 4.69) is 15.5 Å².